The van der Waals surface area contributed by atoms with Crippen LogP contribution in [0.2, 0.25) is 0 Å². The van der Waals surface area contributed by atoms with E-state index < -0.39 is 0 Å². The van der Waals surface area contributed by atoms with Crippen molar-refractivity contribution in [1.29, 1.82) is 0 Å². The molecule has 2 bridgehead atoms. The molecule has 3 aliphatic heterocycles. The molecule has 4 aliphatic rings. The summed E-state index contributed by atoms with van der Waals surface area (Å²) in [6.45, 7) is 1.79. The summed E-state index contributed by atoms with van der Waals surface area (Å²) in [6.07, 6.45) is 5.04. The molecule has 1 saturated heterocycles. The summed E-state index contributed by atoms with van der Waals surface area (Å²) >= 11 is 0. The minimum absolute atomic E-state index is 0.117. The predicted molar refractivity (Wildman–Crippen MR) is 51.3 cm³/mol. The molecule has 1 aromatic heterocycles. The third-order valence-corrected chi connectivity index (χ3v) is 3.53. The van der Waals surface area contributed by atoms with Crippen LogP contribution in [0.25, 0.3) is 0 Å². The van der Waals surface area contributed by atoms with E-state index in [1.807, 2.05) is 6.07 Å². The Bertz CT molecular complexity index is 530. The molecular formula is C10H9N3O. The van der Waals surface area contributed by atoms with Gasteiger partial charge in [-0.15, -0.1) is 0 Å². The molecule has 70 valence electrons. The highest BCUT2D eigenvalue weighted by atomic mass is 16.1. The normalized spacial score (nSPS) is 30.9. The number of nitrogens with zero attached hydrogens (tertiary/aromatic N) is 3. The summed E-state index contributed by atoms with van der Waals surface area (Å²) in [4.78, 5) is 17.6. The van der Waals surface area contributed by atoms with Crippen LogP contribution in [0.1, 0.15) is 6.42 Å². The molecule has 5 rings (SSSR count). The lowest BCUT2D eigenvalue weighted by atomic mass is 9.84. The minimum atomic E-state index is -0.117. The van der Waals surface area contributed by atoms with Gasteiger partial charge in [0, 0.05) is 12.7 Å². The molecule has 1 spiro atoms. The molecular weight excluding hydrogens is 178 g/mol. The van der Waals surface area contributed by atoms with Gasteiger partial charge in [0.05, 0.1) is 12.1 Å². The van der Waals surface area contributed by atoms with Crippen molar-refractivity contribution >= 4 is 5.82 Å². The Hall–Kier alpha value is -1.58. The Kier molecular flexibility index (Phi) is 0.864. The number of anilines is 1. The Labute approximate surface area is 80.5 Å². The summed E-state index contributed by atoms with van der Waals surface area (Å²) in [5.74, 6) is 1.04. The van der Waals surface area contributed by atoms with Crippen molar-refractivity contribution in [2.45, 2.75) is 18.5 Å². The largest absolute Gasteiger partial charge is 0.349 e. The zero-order valence-electron chi connectivity index (χ0n) is 7.60. The fraction of sp³-hybridized carbons (Fsp3) is 0.400. The first-order chi connectivity index (χ1) is 6.78. The van der Waals surface area contributed by atoms with Crippen molar-refractivity contribution in [2.75, 3.05) is 11.4 Å². The van der Waals surface area contributed by atoms with Crippen LogP contribution in [0.5, 0.6) is 0 Å². The topological polar surface area (TPSA) is 38.1 Å². The quantitative estimate of drug-likeness (QED) is 0.542. The van der Waals surface area contributed by atoms with Crippen molar-refractivity contribution in [3.05, 3.63) is 34.4 Å². The van der Waals surface area contributed by atoms with Gasteiger partial charge in [0.25, 0.3) is 0 Å². The van der Waals surface area contributed by atoms with Crippen molar-refractivity contribution in [3.8, 4) is 0 Å². The van der Waals surface area contributed by atoms with Crippen LogP contribution in [0.15, 0.2) is 28.7 Å². The smallest absolute Gasteiger partial charge is 0.343 e. The van der Waals surface area contributed by atoms with Gasteiger partial charge in [-0.25, -0.2) is 9.78 Å². The zero-order chi connectivity index (χ0) is 9.34. The first kappa shape index (κ1) is 6.81. The van der Waals surface area contributed by atoms with E-state index in [4.69, 9.17) is 0 Å². The number of rotatable bonds is 0. The molecule has 4 heteroatoms. The fourth-order valence-corrected chi connectivity index (χ4v) is 2.96. The summed E-state index contributed by atoms with van der Waals surface area (Å²) in [5, 5.41) is 0. The van der Waals surface area contributed by atoms with Gasteiger partial charge in [-0.2, -0.15) is 0 Å². The van der Waals surface area contributed by atoms with E-state index in [9.17, 15) is 4.79 Å². The molecule has 4 heterocycles. The van der Waals surface area contributed by atoms with Gasteiger partial charge >= 0.3 is 5.69 Å². The lowest BCUT2D eigenvalue weighted by molar-refractivity contribution is 0.478. The highest BCUT2D eigenvalue weighted by molar-refractivity contribution is 5.61. The molecule has 1 atom stereocenters. The average Bonchev–Trinajstić information content (AvgIpc) is 2.66. The van der Waals surface area contributed by atoms with Crippen LogP contribution >= 0.6 is 0 Å². The van der Waals surface area contributed by atoms with E-state index in [0.29, 0.717) is 0 Å². The number of fused-ring (bicyclic) bond motifs is 1. The molecule has 0 aromatic carbocycles. The van der Waals surface area contributed by atoms with Gasteiger partial charge < -0.3 is 4.90 Å². The second-order valence-corrected chi connectivity index (χ2v) is 4.34. The van der Waals surface area contributed by atoms with Crippen molar-refractivity contribution < 1.29 is 0 Å². The van der Waals surface area contributed by atoms with Crippen LogP contribution in [0.4, 0.5) is 5.82 Å². The van der Waals surface area contributed by atoms with Gasteiger partial charge in [0.2, 0.25) is 0 Å². The van der Waals surface area contributed by atoms with Crippen LogP contribution < -0.4 is 10.6 Å². The van der Waals surface area contributed by atoms with Gasteiger partial charge in [-0.05, 0) is 18.1 Å². The fourth-order valence-electron chi connectivity index (χ4n) is 2.96. The monoisotopic (exact) mass is 187 g/mol. The molecule has 1 unspecified atom stereocenters. The molecule has 4 nitrogen and oxygen atoms in total. The summed E-state index contributed by atoms with van der Waals surface area (Å²) < 4.78 is 1.78. The van der Waals surface area contributed by atoms with Crippen molar-refractivity contribution in [1.82, 2.24) is 9.55 Å². The third kappa shape index (κ3) is 0.539. The Morgan fingerprint density at radius 3 is 3.21 bits per heavy atom. The van der Waals surface area contributed by atoms with E-state index in [2.05, 4.69) is 16.0 Å². The van der Waals surface area contributed by atoms with Gasteiger partial charge in [-0.1, -0.05) is 6.08 Å². The maximum absolute atomic E-state index is 11.5. The van der Waals surface area contributed by atoms with Gasteiger partial charge in [-0.3, -0.25) is 4.57 Å². The highest BCUT2D eigenvalue weighted by Gasteiger charge is 2.54. The molecule has 1 aliphatic carbocycles. The van der Waals surface area contributed by atoms with E-state index in [-0.39, 0.29) is 11.2 Å². The molecule has 0 radical (unpaired) electrons. The Morgan fingerprint density at radius 2 is 2.36 bits per heavy atom. The standard InChI is InChI=1S/C10H9N3O/c14-9-11-2-1-8-12(9)6-10-3-7(4-10)5-13(8)10/h1-3H,4-6H2. The minimum Gasteiger partial charge on any atom is -0.343 e. The molecule has 1 aromatic rings. The van der Waals surface area contributed by atoms with E-state index >= 15 is 0 Å². The third-order valence-electron chi connectivity index (χ3n) is 3.53. The number of hydrogen-bond acceptors (Lipinski definition) is 3. The van der Waals surface area contributed by atoms with Crippen LogP contribution in [-0.2, 0) is 6.54 Å². The second-order valence-electron chi connectivity index (χ2n) is 4.34. The van der Waals surface area contributed by atoms with Crippen molar-refractivity contribution in [2.24, 2.45) is 0 Å². The lowest BCUT2D eigenvalue weighted by Crippen LogP contribution is -2.40. The lowest BCUT2D eigenvalue weighted by Gasteiger charge is -2.30. The van der Waals surface area contributed by atoms with Gasteiger partial charge in [0.1, 0.15) is 5.82 Å². The number of hydrogen-bond donors (Lipinski definition) is 0. The van der Waals surface area contributed by atoms with Crippen LogP contribution in [-0.4, -0.2) is 21.6 Å². The van der Waals surface area contributed by atoms with E-state index in [1.54, 1.807) is 10.8 Å². The van der Waals surface area contributed by atoms with Crippen LogP contribution in [0.3, 0.4) is 0 Å². The molecule has 0 saturated carbocycles. The average molecular weight is 187 g/mol. The van der Waals surface area contributed by atoms with E-state index in [1.165, 1.54) is 5.57 Å². The van der Waals surface area contributed by atoms with E-state index in [0.717, 1.165) is 25.3 Å². The summed E-state index contributed by atoms with van der Waals surface area (Å²) in [6, 6.07) is 1.94. The predicted octanol–water partition coefficient (Wildman–Crippen LogP) is 0.146. The summed E-state index contributed by atoms with van der Waals surface area (Å²) in [5.41, 5.74) is 1.54. The molecule has 0 amide bonds. The first-order valence-corrected chi connectivity index (χ1v) is 4.83. The maximum atomic E-state index is 11.5. The SMILES string of the molecule is O=c1nccc2n1CC13C=C(CN21)C3. The van der Waals surface area contributed by atoms with Gasteiger partial charge in [0.15, 0.2) is 0 Å². The Morgan fingerprint density at radius 1 is 1.50 bits per heavy atom. The van der Waals surface area contributed by atoms with Crippen LogP contribution in [0, 0.1) is 0 Å². The second kappa shape index (κ2) is 1.78. The first-order valence-electron chi connectivity index (χ1n) is 4.83. The van der Waals surface area contributed by atoms with Crippen molar-refractivity contribution in [3.63, 3.8) is 0 Å². The molecule has 14 heavy (non-hydrogen) atoms. The number of aromatic nitrogens is 2. The Balaban J connectivity index is 2.00. The molecule has 1 fully saturated rings. The zero-order valence-corrected chi connectivity index (χ0v) is 7.60. The summed E-state index contributed by atoms with van der Waals surface area (Å²) in [7, 11) is 0. The molecule has 0 N–H and O–H groups in total. The maximum Gasteiger partial charge on any atom is 0.349 e. The highest BCUT2D eigenvalue weighted by Crippen LogP contribution is 2.50.